The zero-order valence-electron chi connectivity index (χ0n) is 29.0. The second-order valence-corrected chi connectivity index (χ2v) is 11.1. The van der Waals surface area contributed by atoms with Crippen LogP contribution in [-0.2, 0) is 36.8 Å². The van der Waals surface area contributed by atoms with Gasteiger partial charge in [-0.2, -0.15) is 0 Å². The highest BCUT2D eigenvalue weighted by atomic mass is 16.4. The summed E-state index contributed by atoms with van der Waals surface area (Å²) in [5, 5.41) is 58.6. The van der Waals surface area contributed by atoms with Gasteiger partial charge in [-0.05, 0) is 61.4 Å². The van der Waals surface area contributed by atoms with Crippen molar-refractivity contribution in [3.8, 4) is 5.75 Å². The minimum Gasteiger partial charge on any atom is -0.508 e. The van der Waals surface area contributed by atoms with Crippen LogP contribution in [0.5, 0.6) is 5.75 Å². The van der Waals surface area contributed by atoms with E-state index in [1.54, 1.807) is 12.1 Å². The lowest BCUT2D eigenvalue weighted by Crippen LogP contribution is -2.36. The molecule has 290 valence electrons. The molecular formula is C33H56N6O12. The number of phenols is 1. The number of carboxylic acids is 5. The Morgan fingerprint density at radius 2 is 1.02 bits per heavy atom. The van der Waals surface area contributed by atoms with Crippen molar-refractivity contribution in [3.05, 3.63) is 65.7 Å². The lowest BCUT2D eigenvalue weighted by atomic mass is 10.0. The quantitative estimate of drug-likeness (QED) is 0.0954. The maximum absolute atomic E-state index is 10.4. The highest BCUT2D eigenvalue weighted by Crippen LogP contribution is 2.10. The van der Waals surface area contributed by atoms with E-state index in [1.165, 1.54) is 12.1 Å². The first-order chi connectivity index (χ1) is 23.7. The van der Waals surface area contributed by atoms with E-state index < -0.39 is 66.7 Å². The lowest BCUT2D eigenvalue weighted by molar-refractivity contribution is -0.140. The molecule has 0 aliphatic heterocycles. The topological polar surface area (TPSA) is 383 Å². The first-order valence-corrected chi connectivity index (χ1v) is 15.8. The fraction of sp³-hybridized carbons (Fsp3) is 0.485. The number of rotatable bonds is 16. The molecule has 0 saturated heterocycles. The molecule has 0 saturated carbocycles. The molecule has 2 aromatic rings. The predicted octanol–water partition coefficient (Wildman–Crippen LogP) is -0.650. The molecule has 0 bridgehead atoms. The van der Waals surface area contributed by atoms with Crippen molar-refractivity contribution in [2.45, 2.75) is 82.6 Å². The summed E-state index contributed by atoms with van der Waals surface area (Å²) in [4.78, 5) is 50.7. The SMILES string of the molecule is CC[C@H](C)[C@H](N)C(=O)O.NCCCC[C@H](N)C(=O)O.N[C@@H](CO)C(=O)O.N[C@@H](Cc1ccc(O)cc1)C(=O)O.N[C@@H](Cc1ccccc1)C(=O)O. The molecule has 19 N–H and O–H groups in total. The van der Waals surface area contributed by atoms with Gasteiger partial charge < -0.3 is 70.1 Å². The minimum absolute atomic E-state index is 0.0718. The van der Waals surface area contributed by atoms with Gasteiger partial charge in [0.25, 0.3) is 0 Å². The van der Waals surface area contributed by atoms with Crippen LogP contribution in [0, 0.1) is 5.92 Å². The summed E-state index contributed by atoms with van der Waals surface area (Å²) >= 11 is 0. The fourth-order valence-electron chi connectivity index (χ4n) is 3.14. The van der Waals surface area contributed by atoms with Gasteiger partial charge in [-0.3, -0.25) is 24.0 Å². The smallest absolute Gasteiger partial charge is 0.322 e. The molecule has 0 unspecified atom stereocenters. The van der Waals surface area contributed by atoms with Gasteiger partial charge in [-0.15, -0.1) is 0 Å². The Labute approximate surface area is 297 Å². The van der Waals surface area contributed by atoms with Gasteiger partial charge in [0.2, 0.25) is 0 Å². The van der Waals surface area contributed by atoms with E-state index in [4.69, 9.17) is 70.1 Å². The number of aromatic hydroxyl groups is 1. The Morgan fingerprint density at radius 1 is 0.608 bits per heavy atom. The first kappa shape index (κ1) is 50.7. The van der Waals surface area contributed by atoms with Crippen LogP contribution in [0.25, 0.3) is 0 Å². The van der Waals surface area contributed by atoms with Crippen molar-refractivity contribution in [2.75, 3.05) is 13.2 Å². The summed E-state index contributed by atoms with van der Waals surface area (Å²) in [6.07, 6.45) is 3.64. The molecule has 18 heteroatoms. The summed E-state index contributed by atoms with van der Waals surface area (Å²) < 4.78 is 0. The number of aliphatic carboxylic acids is 5. The van der Waals surface area contributed by atoms with Crippen molar-refractivity contribution in [3.63, 3.8) is 0 Å². The van der Waals surface area contributed by atoms with Crippen LogP contribution >= 0.6 is 0 Å². The van der Waals surface area contributed by atoms with Gasteiger partial charge in [-0.25, -0.2) is 0 Å². The number of carbonyl (C=O) groups is 5. The Bertz CT molecular complexity index is 1250. The molecule has 0 aliphatic rings. The Balaban J connectivity index is -0.000000574. The van der Waals surface area contributed by atoms with E-state index in [1.807, 2.05) is 44.2 Å². The van der Waals surface area contributed by atoms with E-state index in [2.05, 4.69) is 0 Å². The molecule has 0 aromatic heterocycles. The van der Waals surface area contributed by atoms with Crippen LogP contribution < -0.4 is 34.4 Å². The molecule has 0 fully saturated rings. The summed E-state index contributed by atoms with van der Waals surface area (Å²) in [7, 11) is 0. The average Bonchev–Trinajstić information content (AvgIpc) is 3.09. The van der Waals surface area contributed by atoms with Gasteiger partial charge in [0.15, 0.2) is 0 Å². The number of aliphatic hydroxyl groups excluding tert-OH is 1. The highest BCUT2D eigenvalue weighted by Gasteiger charge is 2.17. The standard InChI is InChI=1S/C9H11NO3.C9H11NO2.C6H14N2O2.C6H13NO2.C3H7NO3/c10-8(9(12)13)5-6-1-3-7(11)4-2-6;10-8(9(11)12)6-7-4-2-1-3-5-7;7-4-2-1-3-5(8)6(9)10;1-3-4(2)5(7)6(8)9;4-2(1-5)3(6)7/h1-4,8,11H,5,10H2,(H,12,13);1-5,8H,6,10H2,(H,11,12);5H,1-4,7-8H2,(H,9,10);4-5H,3,7H2,1-2H3,(H,8,9);2,5H,1,4H2,(H,6,7)/t2*8-;5-;4-,5-;2-/m00000/s1. The van der Waals surface area contributed by atoms with E-state index >= 15 is 0 Å². The Hall–Kier alpha value is -4.69. The van der Waals surface area contributed by atoms with Crippen molar-refractivity contribution in [2.24, 2.45) is 40.3 Å². The molecule has 0 spiro atoms. The first-order valence-electron chi connectivity index (χ1n) is 15.8. The second kappa shape index (κ2) is 30.2. The van der Waals surface area contributed by atoms with Crippen LogP contribution in [0.2, 0.25) is 0 Å². The summed E-state index contributed by atoms with van der Waals surface area (Å²) in [6, 6.07) is 11.4. The Kier molecular flexibility index (Phi) is 30.0. The van der Waals surface area contributed by atoms with Crippen molar-refractivity contribution in [1.29, 1.82) is 0 Å². The fourth-order valence-corrected chi connectivity index (χ4v) is 3.14. The predicted molar refractivity (Wildman–Crippen MR) is 189 cm³/mol. The largest absolute Gasteiger partial charge is 0.508 e. The minimum atomic E-state index is -1.18. The number of nitrogens with two attached hydrogens (primary N) is 6. The number of hydrogen-bond donors (Lipinski definition) is 13. The van der Waals surface area contributed by atoms with Gasteiger partial charge in [0.05, 0.1) is 6.61 Å². The molecule has 0 amide bonds. The van der Waals surface area contributed by atoms with E-state index in [-0.39, 0.29) is 18.1 Å². The van der Waals surface area contributed by atoms with E-state index in [0.717, 1.165) is 30.4 Å². The summed E-state index contributed by atoms with van der Waals surface area (Å²) in [6.45, 7) is 3.86. The van der Waals surface area contributed by atoms with Crippen LogP contribution in [-0.4, -0.2) is 109 Å². The van der Waals surface area contributed by atoms with Gasteiger partial charge >= 0.3 is 29.8 Å². The van der Waals surface area contributed by atoms with E-state index in [0.29, 0.717) is 19.4 Å². The van der Waals surface area contributed by atoms with Crippen LogP contribution in [0.15, 0.2) is 54.6 Å². The lowest BCUT2D eigenvalue weighted by Gasteiger charge is -2.11. The highest BCUT2D eigenvalue weighted by molar-refractivity contribution is 5.74. The number of unbranched alkanes of at least 4 members (excludes halogenated alkanes) is 1. The molecule has 0 heterocycles. The number of carboxylic acid groups (broad SMARTS) is 5. The van der Waals surface area contributed by atoms with Crippen LogP contribution in [0.3, 0.4) is 0 Å². The van der Waals surface area contributed by atoms with E-state index in [9.17, 15) is 24.0 Å². The van der Waals surface area contributed by atoms with Gasteiger partial charge in [-0.1, -0.05) is 69.2 Å². The molecule has 18 nitrogen and oxygen atoms in total. The molecule has 51 heavy (non-hydrogen) atoms. The molecule has 0 aliphatic carbocycles. The second-order valence-electron chi connectivity index (χ2n) is 11.1. The monoisotopic (exact) mass is 728 g/mol. The van der Waals surface area contributed by atoms with Crippen molar-refractivity contribution >= 4 is 29.8 Å². The zero-order valence-corrected chi connectivity index (χ0v) is 29.0. The molecule has 2 rings (SSSR count). The average molecular weight is 729 g/mol. The van der Waals surface area contributed by atoms with Crippen LogP contribution in [0.1, 0.15) is 50.7 Å². The third-order valence-electron chi connectivity index (χ3n) is 6.67. The maximum Gasteiger partial charge on any atom is 0.322 e. The third kappa shape index (κ3) is 28.8. The van der Waals surface area contributed by atoms with Crippen molar-refractivity contribution in [1.82, 2.24) is 0 Å². The maximum atomic E-state index is 10.4. The van der Waals surface area contributed by atoms with Gasteiger partial charge in [0, 0.05) is 0 Å². The normalized spacial score (nSPS) is 13.4. The molecule has 6 atom stereocenters. The Morgan fingerprint density at radius 3 is 1.31 bits per heavy atom. The zero-order chi connectivity index (χ0) is 40.1. The van der Waals surface area contributed by atoms with Gasteiger partial charge in [0.1, 0.15) is 36.0 Å². The number of phenolic OH excluding ortho intramolecular Hbond substituents is 1. The molecular weight excluding hydrogens is 672 g/mol. The number of aliphatic hydroxyl groups is 1. The van der Waals surface area contributed by atoms with Crippen LogP contribution in [0.4, 0.5) is 0 Å². The third-order valence-corrected chi connectivity index (χ3v) is 6.67. The number of benzene rings is 2. The molecule has 0 radical (unpaired) electrons. The van der Waals surface area contributed by atoms with Crippen molar-refractivity contribution < 1.29 is 59.7 Å². The number of hydrogen-bond acceptors (Lipinski definition) is 13. The summed E-state index contributed by atoms with van der Waals surface area (Å²) in [5.41, 5.74) is 32.9. The molecule has 2 aromatic carbocycles. The summed E-state index contributed by atoms with van der Waals surface area (Å²) in [5.74, 6) is -4.77.